The first kappa shape index (κ1) is 30.9. The first-order valence-corrected chi connectivity index (χ1v) is 15.0. The number of hydrogen-bond donors (Lipinski definition) is 2. The summed E-state index contributed by atoms with van der Waals surface area (Å²) in [5, 5.41) is 31.2. The number of rotatable bonds is 5. The van der Waals surface area contributed by atoms with Crippen LogP contribution in [0.3, 0.4) is 0 Å². The van der Waals surface area contributed by atoms with E-state index >= 15 is 0 Å². The molecule has 0 radical (unpaired) electrons. The number of aliphatic hydroxyl groups excluding tert-OH is 1. The smallest absolute Gasteiger partial charge is 0.316 e. The molecule has 2 bridgehead atoms. The molecule has 40 heavy (non-hydrogen) atoms. The Morgan fingerprint density at radius 3 is 2.77 bits per heavy atom. The molecule has 3 aliphatic heterocycles. The van der Waals surface area contributed by atoms with Gasteiger partial charge in [0.15, 0.2) is 6.10 Å². The molecule has 2 saturated heterocycles. The van der Waals surface area contributed by atoms with Crippen LogP contribution in [0.4, 0.5) is 0 Å². The molecule has 7 heteroatoms. The molecule has 0 aromatic carbocycles. The van der Waals surface area contributed by atoms with Gasteiger partial charge in [-0.3, -0.25) is 4.79 Å². The van der Waals surface area contributed by atoms with Crippen LogP contribution in [-0.4, -0.2) is 70.1 Å². The molecular formula is C33H49O7+. The van der Waals surface area contributed by atoms with Crippen LogP contribution in [0, 0.1) is 17.8 Å². The van der Waals surface area contributed by atoms with Crippen molar-refractivity contribution < 1.29 is 34.3 Å². The van der Waals surface area contributed by atoms with Gasteiger partial charge in [-0.05, 0) is 50.2 Å². The number of allylic oxidation sites excluding steroid dienone is 4. The molecule has 1 aliphatic carbocycles. The van der Waals surface area contributed by atoms with E-state index in [0.717, 1.165) is 19.3 Å². The molecule has 0 aromatic rings. The molecule has 2 fully saturated rings. The Balaban J connectivity index is 1.63. The van der Waals surface area contributed by atoms with Gasteiger partial charge < -0.3 is 29.5 Å². The number of carbonyl (C=O) groups excluding carboxylic acids is 1. The van der Waals surface area contributed by atoms with E-state index in [1.54, 1.807) is 13.0 Å². The van der Waals surface area contributed by atoms with Crippen molar-refractivity contribution in [2.24, 2.45) is 17.8 Å². The quantitative estimate of drug-likeness (QED) is 0.294. The summed E-state index contributed by atoms with van der Waals surface area (Å²) in [7, 11) is 0. The van der Waals surface area contributed by atoms with Gasteiger partial charge in [0.1, 0.15) is 29.8 Å². The molecule has 1 unspecified atom stereocenters. The lowest BCUT2D eigenvalue weighted by atomic mass is 9.71. The van der Waals surface area contributed by atoms with E-state index < -0.39 is 29.7 Å². The van der Waals surface area contributed by atoms with Gasteiger partial charge in [-0.1, -0.05) is 68.9 Å². The third-order valence-electron chi connectivity index (χ3n) is 9.13. The lowest BCUT2D eigenvalue weighted by Gasteiger charge is -2.42. The van der Waals surface area contributed by atoms with Crippen LogP contribution in [-0.2, 0) is 19.0 Å². The summed E-state index contributed by atoms with van der Waals surface area (Å²) in [5.41, 5.74) is 0.756. The van der Waals surface area contributed by atoms with Gasteiger partial charge in [-0.25, -0.2) is 0 Å². The topological polar surface area (TPSA) is 108 Å². The first-order valence-electron chi connectivity index (χ1n) is 15.0. The molecule has 4 N–H and O–H groups in total. The minimum Gasteiger partial charge on any atom is -0.462 e. The molecule has 0 amide bonds. The zero-order chi connectivity index (χ0) is 29.0. The monoisotopic (exact) mass is 557 g/mol. The van der Waals surface area contributed by atoms with E-state index in [-0.39, 0.29) is 36.9 Å². The average Bonchev–Trinajstić information content (AvgIpc) is 3.25. The number of esters is 1. The van der Waals surface area contributed by atoms with Gasteiger partial charge >= 0.3 is 5.97 Å². The van der Waals surface area contributed by atoms with Gasteiger partial charge in [0.05, 0.1) is 18.8 Å². The van der Waals surface area contributed by atoms with Crippen molar-refractivity contribution in [2.75, 3.05) is 6.61 Å². The van der Waals surface area contributed by atoms with Crippen molar-refractivity contribution in [3.05, 3.63) is 59.3 Å². The molecule has 222 valence electrons. The first-order chi connectivity index (χ1) is 19.0. The van der Waals surface area contributed by atoms with Crippen molar-refractivity contribution >= 4 is 5.97 Å². The summed E-state index contributed by atoms with van der Waals surface area (Å²) in [5.74, 6) is -0.880. The Hall–Kier alpha value is -2.03. The molecule has 7 nitrogen and oxygen atoms in total. The fraction of sp³-hybridized carbons (Fsp3) is 0.667. The maximum Gasteiger partial charge on any atom is 0.316 e. The van der Waals surface area contributed by atoms with Gasteiger partial charge in [0.25, 0.3) is 0 Å². The molecular weight excluding hydrogens is 508 g/mol. The van der Waals surface area contributed by atoms with Crippen LogP contribution in [0.2, 0.25) is 0 Å². The van der Waals surface area contributed by atoms with Crippen molar-refractivity contribution in [1.82, 2.24) is 0 Å². The van der Waals surface area contributed by atoms with Gasteiger partial charge in [-0.15, -0.1) is 0 Å². The summed E-state index contributed by atoms with van der Waals surface area (Å²) in [6.07, 6.45) is 15.3. The largest absolute Gasteiger partial charge is 0.462 e. The van der Waals surface area contributed by atoms with E-state index in [1.807, 2.05) is 24.3 Å². The maximum absolute atomic E-state index is 13.7. The van der Waals surface area contributed by atoms with Crippen LogP contribution < -0.4 is 0 Å². The summed E-state index contributed by atoms with van der Waals surface area (Å²) in [6.45, 7) is 10.4. The molecule has 3 heterocycles. The van der Waals surface area contributed by atoms with E-state index in [4.69, 9.17) is 19.3 Å². The third-order valence-corrected chi connectivity index (χ3v) is 9.13. The lowest BCUT2D eigenvalue weighted by Crippen LogP contribution is -2.57. The normalized spacial score (nSPS) is 42.0. The van der Waals surface area contributed by atoms with E-state index in [2.05, 4.69) is 39.8 Å². The molecule has 4 rings (SSSR count). The predicted molar refractivity (Wildman–Crippen MR) is 156 cm³/mol. The van der Waals surface area contributed by atoms with Gasteiger partial charge in [0, 0.05) is 25.2 Å². The van der Waals surface area contributed by atoms with Crippen molar-refractivity contribution in [1.29, 1.82) is 0 Å². The van der Waals surface area contributed by atoms with E-state index in [1.165, 1.54) is 5.57 Å². The number of ether oxygens (including phenoxy) is 3. The summed E-state index contributed by atoms with van der Waals surface area (Å²) >= 11 is 0. The van der Waals surface area contributed by atoms with Crippen molar-refractivity contribution in [2.45, 2.75) is 115 Å². The Morgan fingerprint density at radius 1 is 1.25 bits per heavy atom. The van der Waals surface area contributed by atoms with Crippen molar-refractivity contribution in [3.8, 4) is 0 Å². The van der Waals surface area contributed by atoms with Gasteiger partial charge in [-0.2, -0.15) is 0 Å². The van der Waals surface area contributed by atoms with Crippen LogP contribution in [0.1, 0.15) is 73.1 Å². The van der Waals surface area contributed by atoms with Crippen LogP contribution >= 0.6 is 0 Å². The minimum atomic E-state index is -1.68. The highest BCUT2D eigenvalue weighted by atomic mass is 16.6. The summed E-state index contributed by atoms with van der Waals surface area (Å²) in [6, 6.07) is 0. The zero-order valence-corrected chi connectivity index (χ0v) is 24.7. The number of hydrogen-bond acceptors (Lipinski definition) is 6. The Bertz CT molecular complexity index is 1060. The Labute approximate surface area is 239 Å². The van der Waals surface area contributed by atoms with Crippen LogP contribution in [0.15, 0.2) is 59.3 Å². The highest BCUT2D eigenvalue weighted by Gasteiger charge is 2.59. The number of carbonyl (C=O) groups is 1. The third kappa shape index (κ3) is 6.88. The fourth-order valence-corrected chi connectivity index (χ4v) is 6.33. The SMILES string of the molecule is CCC(C)[C@@H]([OH2+])C/C=C\[C@H]1C[C@@H]2C[C@@H](C/C=C(\C)C[C@@H](C)/C=C/C=C3\CO[C@@H]4[C@H](O)C(C)=C[C@@H](C(=O)O2)[C@]34O)O1. The highest BCUT2D eigenvalue weighted by Crippen LogP contribution is 2.45. The summed E-state index contributed by atoms with van der Waals surface area (Å²) < 4.78 is 18.4. The fourth-order valence-electron chi connectivity index (χ4n) is 6.33. The Morgan fingerprint density at radius 2 is 2.02 bits per heavy atom. The molecule has 10 atom stereocenters. The number of fused-ring (bicyclic) bond motifs is 2. The van der Waals surface area contributed by atoms with E-state index in [0.29, 0.717) is 36.3 Å². The second kappa shape index (κ2) is 13.3. The van der Waals surface area contributed by atoms with E-state index in [9.17, 15) is 15.0 Å². The molecule has 0 saturated carbocycles. The predicted octanol–water partition coefficient (Wildman–Crippen LogP) is 4.46. The zero-order valence-electron chi connectivity index (χ0n) is 24.7. The summed E-state index contributed by atoms with van der Waals surface area (Å²) in [4.78, 5) is 13.7. The van der Waals surface area contributed by atoms with Crippen molar-refractivity contribution in [3.63, 3.8) is 0 Å². The Kier molecular flexibility index (Phi) is 10.3. The molecule has 0 spiro atoms. The number of aliphatic hydroxyl groups is 2. The molecule has 0 aromatic heterocycles. The van der Waals surface area contributed by atoms with Gasteiger partial charge in [0.2, 0.25) is 0 Å². The van der Waals surface area contributed by atoms with Crippen LogP contribution in [0.25, 0.3) is 0 Å². The highest BCUT2D eigenvalue weighted by molar-refractivity contribution is 5.78. The average molecular weight is 558 g/mol. The molecule has 4 aliphatic rings. The van der Waals surface area contributed by atoms with Crippen LogP contribution in [0.5, 0.6) is 0 Å². The second-order valence-electron chi connectivity index (χ2n) is 12.4. The second-order valence-corrected chi connectivity index (χ2v) is 12.4. The lowest BCUT2D eigenvalue weighted by molar-refractivity contribution is -0.175. The maximum atomic E-state index is 13.7. The minimum absolute atomic E-state index is 0.108. The standard InChI is InChI=1S/C33H48O7/c1-6-22(4)29(34)12-8-11-25-17-27-18-26(39-25)14-13-21(3)15-20(2)9-7-10-24-19-38-31-30(35)23(5)16-28(32(36)40-27)33(24,31)37/h7-11,13,16,20,22,25-31,34-35,37H,6,12,14-15,17-19H2,1-5H3/p+1/b9-7+,11-8-,21-13+,24-10+/t20-,22?,25-,26+,27+,28-,29-,30+,31+,33+/m0/s1.